The summed E-state index contributed by atoms with van der Waals surface area (Å²) in [5.74, 6) is -0.568. The Morgan fingerprint density at radius 1 is 0.974 bits per heavy atom. The summed E-state index contributed by atoms with van der Waals surface area (Å²) < 4.78 is 34.2. The van der Waals surface area contributed by atoms with Gasteiger partial charge < -0.3 is 9.64 Å². The van der Waals surface area contributed by atoms with Crippen molar-refractivity contribution in [1.82, 2.24) is 4.31 Å². The van der Waals surface area contributed by atoms with Crippen LogP contribution in [0.2, 0.25) is 0 Å². The maximum atomic E-state index is 14.2. The molecule has 1 unspecified atom stereocenters. The van der Waals surface area contributed by atoms with E-state index in [1.54, 1.807) is 42.2 Å². The number of ether oxygens (including phenoxy) is 1. The third kappa shape index (κ3) is 4.96. The molecule has 3 aromatic carbocycles. The number of para-hydroxylation sites is 1. The van der Waals surface area contributed by atoms with Crippen molar-refractivity contribution < 1.29 is 22.7 Å². The Bertz CT molecular complexity index is 1520. The molecule has 0 fully saturated rings. The SMILES string of the molecule is CCOC(=O)CC1=CCC2(CCN1S(=O)(=O)c1ccc(C)cc1)C(=O)N(Cc1ccccc1)c1ccccc12. The van der Waals surface area contributed by atoms with E-state index in [9.17, 15) is 18.0 Å². The Labute approximate surface area is 229 Å². The standard InChI is InChI=1S/C31H32N2O5S/c1-3-38-29(34)21-25-17-18-31(19-20-33(25)39(36,37)26-15-13-23(2)14-16-26)27-11-7-8-12-28(27)32(30(31)35)22-24-9-5-4-6-10-24/h4-17H,3,18-22H2,1-2H3. The van der Waals surface area contributed by atoms with E-state index in [2.05, 4.69) is 0 Å². The molecule has 202 valence electrons. The third-order valence-electron chi connectivity index (χ3n) is 7.54. The molecule has 0 radical (unpaired) electrons. The summed E-state index contributed by atoms with van der Waals surface area (Å²) in [5, 5.41) is 0. The second kappa shape index (κ2) is 10.7. The highest BCUT2D eigenvalue weighted by Gasteiger charge is 2.51. The lowest BCUT2D eigenvalue weighted by Gasteiger charge is -2.29. The van der Waals surface area contributed by atoms with Crippen LogP contribution in [0.25, 0.3) is 0 Å². The van der Waals surface area contributed by atoms with Gasteiger partial charge >= 0.3 is 5.97 Å². The number of amides is 1. The number of hydrogen-bond donors (Lipinski definition) is 0. The predicted molar refractivity (Wildman–Crippen MR) is 149 cm³/mol. The molecule has 0 saturated carbocycles. The van der Waals surface area contributed by atoms with E-state index in [4.69, 9.17) is 4.74 Å². The van der Waals surface area contributed by atoms with Crippen LogP contribution < -0.4 is 4.90 Å². The summed E-state index contributed by atoms with van der Waals surface area (Å²) >= 11 is 0. The number of fused-ring (bicyclic) bond motifs is 2. The zero-order valence-electron chi connectivity index (χ0n) is 22.2. The van der Waals surface area contributed by atoms with Crippen LogP contribution in [0.4, 0.5) is 5.69 Å². The minimum Gasteiger partial charge on any atom is -0.466 e. The Kier molecular flexibility index (Phi) is 7.32. The van der Waals surface area contributed by atoms with Crippen molar-refractivity contribution in [2.45, 2.75) is 50.0 Å². The average molecular weight is 545 g/mol. The van der Waals surface area contributed by atoms with Gasteiger partial charge in [0.1, 0.15) is 0 Å². The van der Waals surface area contributed by atoms with Crippen LogP contribution in [-0.2, 0) is 36.3 Å². The van der Waals surface area contributed by atoms with Gasteiger partial charge in [-0.3, -0.25) is 13.9 Å². The molecule has 1 atom stereocenters. The Morgan fingerprint density at radius 2 is 1.67 bits per heavy atom. The van der Waals surface area contributed by atoms with E-state index in [0.717, 1.165) is 22.4 Å². The van der Waals surface area contributed by atoms with Crippen LogP contribution in [-0.4, -0.2) is 37.8 Å². The van der Waals surface area contributed by atoms with Gasteiger partial charge in [0.05, 0.1) is 29.9 Å². The fourth-order valence-electron chi connectivity index (χ4n) is 5.52. The summed E-state index contributed by atoms with van der Waals surface area (Å²) in [5.41, 5.74) is 3.06. The van der Waals surface area contributed by atoms with E-state index in [0.29, 0.717) is 12.2 Å². The van der Waals surface area contributed by atoms with Gasteiger partial charge in [-0.05, 0) is 56.0 Å². The number of sulfonamides is 1. The first-order valence-electron chi connectivity index (χ1n) is 13.2. The van der Waals surface area contributed by atoms with Crippen molar-refractivity contribution in [3.63, 3.8) is 0 Å². The van der Waals surface area contributed by atoms with Crippen LogP contribution in [0.3, 0.4) is 0 Å². The smallest absolute Gasteiger partial charge is 0.311 e. The van der Waals surface area contributed by atoms with Crippen molar-refractivity contribution in [1.29, 1.82) is 0 Å². The molecule has 1 spiro atoms. The van der Waals surface area contributed by atoms with Crippen molar-refractivity contribution >= 4 is 27.6 Å². The number of anilines is 1. The molecule has 0 N–H and O–H groups in total. The first kappa shape index (κ1) is 26.7. The molecule has 2 heterocycles. The summed E-state index contributed by atoms with van der Waals surface area (Å²) in [6.07, 6.45) is 2.11. The third-order valence-corrected chi connectivity index (χ3v) is 9.40. The molecular weight excluding hydrogens is 512 g/mol. The topological polar surface area (TPSA) is 84.0 Å². The number of carbonyl (C=O) groups is 2. The van der Waals surface area contributed by atoms with E-state index >= 15 is 0 Å². The van der Waals surface area contributed by atoms with E-state index in [1.807, 2.05) is 61.5 Å². The first-order chi connectivity index (χ1) is 18.8. The van der Waals surface area contributed by atoms with Gasteiger partial charge in [-0.1, -0.05) is 72.3 Å². The second-order valence-corrected chi connectivity index (χ2v) is 11.9. The Morgan fingerprint density at radius 3 is 2.38 bits per heavy atom. The molecule has 5 rings (SSSR count). The molecule has 3 aromatic rings. The predicted octanol–water partition coefficient (Wildman–Crippen LogP) is 5.10. The van der Waals surface area contributed by atoms with Gasteiger partial charge in [0.15, 0.2) is 0 Å². The van der Waals surface area contributed by atoms with E-state index in [1.165, 1.54) is 4.31 Å². The van der Waals surface area contributed by atoms with E-state index < -0.39 is 21.4 Å². The highest BCUT2D eigenvalue weighted by Crippen LogP contribution is 2.49. The number of aryl methyl sites for hydroxylation is 1. The molecule has 2 aliphatic rings. The van der Waals surface area contributed by atoms with Gasteiger partial charge in [-0.25, -0.2) is 8.42 Å². The molecule has 7 nitrogen and oxygen atoms in total. The fourth-order valence-corrected chi connectivity index (χ4v) is 7.04. The van der Waals surface area contributed by atoms with Crippen molar-refractivity contribution in [2.24, 2.45) is 0 Å². The molecule has 0 aliphatic carbocycles. The van der Waals surface area contributed by atoms with E-state index in [-0.39, 0.29) is 43.2 Å². The molecule has 8 heteroatoms. The van der Waals surface area contributed by atoms with Crippen molar-refractivity contribution in [2.75, 3.05) is 18.1 Å². The van der Waals surface area contributed by atoms with Crippen LogP contribution in [0.1, 0.15) is 42.9 Å². The minimum absolute atomic E-state index is 0.0562. The summed E-state index contributed by atoms with van der Waals surface area (Å²) in [6, 6.07) is 24.2. The monoisotopic (exact) mass is 544 g/mol. The summed E-state index contributed by atoms with van der Waals surface area (Å²) in [7, 11) is -3.98. The fraction of sp³-hybridized carbons (Fsp3) is 0.290. The quantitative estimate of drug-likeness (QED) is 0.387. The number of nitrogens with zero attached hydrogens (tertiary/aromatic N) is 2. The highest BCUT2D eigenvalue weighted by molar-refractivity contribution is 7.89. The summed E-state index contributed by atoms with van der Waals surface area (Å²) in [6.45, 7) is 4.28. The number of allylic oxidation sites excluding steroid dienone is 1. The van der Waals surface area contributed by atoms with Crippen LogP contribution in [0.15, 0.2) is 95.5 Å². The first-order valence-corrected chi connectivity index (χ1v) is 14.6. The van der Waals surface area contributed by atoms with Gasteiger partial charge in [0.2, 0.25) is 5.91 Å². The maximum absolute atomic E-state index is 14.2. The molecule has 39 heavy (non-hydrogen) atoms. The zero-order chi connectivity index (χ0) is 27.6. The molecule has 1 amide bonds. The lowest BCUT2D eigenvalue weighted by atomic mass is 9.76. The van der Waals surface area contributed by atoms with Crippen molar-refractivity contribution in [3.8, 4) is 0 Å². The van der Waals surface area contributed by atoms with Crippen LogP contribution in [0, 0.1) is 6.92 Å². The zero-order valence-corrected chi connectivity index (χ0v) is 23.0. The lowest BCUT2D eigenvalue weighted by molar-refractivity contribution is -0.142. The number of benzene rings is 3. The minimum atomic E-state index is -3.98. The average Bonchev–Trinajstić information content (AvgIpc) is 3.04. The molecule has 2 aliphatic heterocycles. The van der Waals surface area contributed by atoms with Crippen LogP contribution >= 0.6 is 0 Å². The number of hydrogen-bond acceptors (Lipinski definition) is 5. The Hall–Kier alpha value is -3.91. The highest BCUT2D eigenvalue weighted by atomic mass is 32.2. The Balaban J connectivity index is 1.55. The molecule has 0 saturated heterocycles. The van der Waals surface area contributed by atoms with Crippen LogP contribution in [0.5, 0.6) is 0 Å². The van der Waals surface area contributed by atoms with Gasteiger partial charge in [0, 0.05) is 17.9 Å². The molecular formula is C31H32N2O5S. The van der Waals surface area contributed by atoms with Gasteiger partial charge in [0.25, 0.3) is 10.0 Å². The van der Waals surface area contributed by atoms with Gasteiger partial charge in [-0.15, -0.1) is 0 Å². The molecule has 0 aromatic heterocycles. The van der Waals surface area contributed by atoms with Crippen molar-refractivity contribution in [3.05, 3.63) is 107 Å². The summed E-state index contributed by atoms with van der Waals surface area (Å²) in [4.78, 5) is 28.7. The van der Waals surface area contributed by atoms with Gasteiger partial charge in [-0.2, -0.15) is 0 Å². The lowest BCUT2D eigenvalue weighted by Crippen LogP contribution is -2.41. The maximum Gasteiger partial charge on any atom is 0.311 e. The number of carbonyl (C=O) groups excluding carboxylic acids is 2. The number of esters is 1. The largest absolute Gasteiger partial charge is 0.466 e. The normalized spacial score (nSPS) is 19.0. The number of rotatable bonds is 7. The molecule has 0 bridgehead atoms. The second-order valence-electron chi connectivity index (χ2n) is 10.00.